The maximum Gasteiger partial charge on any atom is 0.226 e. The lowest BCUT2D eigenvalue weighted by atomic mass is 9.87. The van der Waals surface area contributed by atoms with Gasteiger partial charge in [-0.25, -0.2) is 9.97 Å². The van der Waals surface area contributed by atoms with E-state index in [4.69, 9.17) is 18.9 Å². The van der Waals surface area contributed by atoms with Crippen molar-refractivity contribution in [3.63, 3.8) is 0 Å². The maximum atomic E-state index is 6.14. The van der Waals surface area contributed by atoms with Crippen LogP contribution in [0.4, 0.5) is 5.95 Å². The number of hydrogen-bond acceptors (Lipinski definition) is 7. The summed E-state index contributed by atoms with van der Waals surface area (Å²) in [6.07, 6.45) is 6.67. The first-order chi connectivity index (χ1) is 14.1. The molecule has 1 aromatic carbocycles. The molecule has 2 fully saturated rings. The minimum atomic E-state index is 0.0325. The van der Waals surface area contributed by atoms with Gasteiger partial charge < -0.3 is 19.2 Å². The van der Waals surface area contributed by atoms with Crippen LogP contribution in [0, 0.1) is 12.8 Å². The van der Waals surface area contributed by atoms with E-state index < -0.39 is 0 Å². The third kappa shape index (κ3) is 3.92. The number of oxazole rings is 1. The standard InChI is InChI=1S/C22H26N4O3/c1-13-3-6-16(7-4-13)25-22-23-10-18(21(26-22)29-17-11-27-12-17)15-5-8-20-19(9-15)24-14(2)28-20/h5,8-10,13,16-17H,3-4,6-7,11-12H2,1-2H3,(H,23,25,26). The summed E-state index contributed by atoms with van der Waals surface area (Å²) >= 11 is 0. The van der Waals surface area contributed by atoms with Crippen molar-refractivity contribution in [1.29, 1.82) is 0 Å². The molecular weight excluding hydrogens is 368 g/mol. The van der Waals surface area contributed by atoms with Crippen molar-refractivity contribution in [2.75, 3.05) is 18.5 Å². The number of benzene rings is 1. The maximum absolute atomic E-state index is 6.14. The summed E-state index contributed by atoms with van der Waals surface area (Å²) in [5.41, 5.74) is 3.39. The number of nitrogens with one attached hydrogen (secondary N) is 1. The molecular formula is C22H26N4O3. The van der Waals surface area contributed by atoms with Crippen molar-refractivity contribution >= 4 is 17.0 Å². The molecule has 3 heterocycles. The molecule has 7 nitrogen and oxygen atoms in total. The van der Waals surface area contributed by atoms with E-state index in [9.17, 15) is 0 Å². The van der Waals surface area contributed by atoms with E-state index in [0.29, 0.717) is 37.0 Å². The second-order valence-corrected chi connectivity index (χ2v) is 8.21. The van der Waals surface area contributed by atoms with Crippen molar-refractivity contribution < 1.29 is 13.9 Å². The Bertz CT molecular complexity index is 1010. The zero-order chi connectivity index (χ0) is 19.8. The molecule has 1 saturated heterocycles. The highest BCUT2D eigenvalue weighted by atomic mass is 16.6. The fourth-order valence-corrected chi connectivity index (χ4v) is 3.96. The minimum absolute atomic E-state index is 0.0325. The Kier molecular flexibility index (Phi) is 4.83. The zero-order valence-electron chi connectivity index (χ0n) is 16.9. The second kappa shape index (κ2) is 7.63. The number of ether oxygens (including phenoxy) is 2. The van der Waals surface area contributed by atoms with Crippen LogP contribution in [-0.4, -0.2) is 40.3 Å². The summed E-state index contributed by atoms with van der Waals surface area (Å²) in [5, 5.41) is 3.50. The average Bonchev–Trinajstić information content (AvgIpc) is 3.06. The van der Waals surface area contributed by atoms with Gasteiger partial charge in [0.15, 0.2) is 11.5 Å². The van der Waals surface area contributed by atoms with Crippen molar-refractivity contribution in [1.82, 2.24) is 15.0 Å². The molecule has 3 aromatic rings. The van der Waals surface area contributed by atoms with Gasteiger partial charge in [-0.15, -0.1) is 0 Å². The van der Waals surface area contributed by atoms with Crippen LogP contribution >= 0.6 is 0 Å². The molecule has 2 aromatic heterocycles. The first-order valence-corrected chi connectivity index (χ1v) is 10.4. The molecule has 7 heteroatoms. The highest BCUT2D eigenvalue weighted by molar-refractivity contribution is 5.81. The van der Waals surface area contributed by atoms with Crippen molar-refractivity contribution in [3.8, 4) is 17.0 Å². The predicted octanol–water partition coefficient (Wildman–Crippen LogP) is 4.36. The van der Waals surface area contributed by atoms with Crippen molar-refractivity contribution in [3.05, 3.63) is 30.3 Å². The highest BCUT2D eigenvalue weighted by Crippen LogP contribution is 2.33. The smallest absolute Gasteiger partial charge is 0.226 e. The van der Waals surface area contributed by atoms with E-state index in [1.807, 2.05) is 31.3 Å². The summed E-state index contributed by atoms with van der Waals surface area (Å²) in [4.78, 5) is 13.8. The molecule has 152 valence electrons. The Morgan fingerprint density at radius 1 is 1.10 bits per heavy atom. The summed E-state index contributed by atoms with van der Waals surface area (Å²) in [5.74, 6) is 2.67. The number of rotatable bonds is 5. The molecule has 0 amide bonds. The van der Waals surface area contributed by atoms with Gasteiger partial charge in [0.2, 0.25) is 11.8 Å². The second-order valence-electron chi connectivity index (χ2n) is 8.21. The molecule has 1 aliphatic heterocycles. The Hall–Kier alpha value is -2.67. The molecule has 5 rings (SSSR count). The van der Waals surface area contributed by atoms with Gasteiger partial charge in [-0.2, -0.15) is 4.98 Å². The van der Waals surface area contributed by atoms with Gasteiger partial charge in [-0.3, -0.25) is 0 Å². The van der Waals surface area contributed by atoms with Crippen LogP contribution < -0.4 is 10.1 Å². The Morgan fingerprint density at radius 3 is 2.69 bits per heavy atom. The molecule has 1 saturated carbocycles. The third-order valence-corrected chi connectivity index (χ3v) is 5.79. The van der Waals surface area contributed by atoms with Gasteiger partial charge in [0.1, 0.15) is 11.6 Å². The fraction of sp³-hybridized carbons (Fsp3) is 0.500. The van der Waals surface area contributed by atoms with Gasteiger partial charge >= 0.3 is 0 Å². The highest BCUT2D eigenvalue weighted by Gasteiger charge is 2.24. The number of aromatic nitrogens is 3. The largest absolute Gasteiger partial charge is 0.469 e. The molecule has 0 bridgehead atoms. The summed E-state index contributed by atoms with van der Waals surface area (Å²) in [7, 11) is 0. The van der Waals surface area contributed by atoms with Gasteiger partial charge in [0, 0.05) is 19.2 Å². The normalized spacial score (nSPS) is 22.4. The lowest BCUT2D eigenvalue weighted by Crippen LogP contribution is -2.39. The van der Waals surface area contributed by atoms with Gasteiger partial charge in [-0.1, -0.05) is 13.0 Å². The fourth-order valence-electron chi connectivity index (χ4n) is 3.96. The van der Waals surface area contributed by atoms with Gasteiger partial charge in [0.25, 0.3) is 0 Å². The predicted molar refractivity (Wildman–Crippen MR) is 110 cm³/mol. The molecule has 29 heavy (non-hydrogen) atoms. The SMILES string of the molecule is Cc1nc2cc(-c3cnc(NC4CCC(C)CC4)nc3OC3COC3)ccc2o1. The van der Waals surface area contributed by atoms with Gasteiger partial charge in [0.05, 0.1) is 18.8 Å². The quantitative estimate of drug-likeness (QED) is 0.688. The van der Waals surface area contributed by atoms with E-state index in [1.54, 1.807) is 0 Å². The van der Waals surface area contributed by atoms with Crippen LogP contribution in [0.3, 0.4) is 0 Å². The minimum Gasteiger partial charge on any atom is -0.469 e. The lowest BCUT2D eigenvalue weighted by molar-refractivity contribution is -0.0810. The number of anilines is 1. The summed E-state index contributed by atoms with van der Waals surface area (Å²) in [6, 6.07) is 6.33. The number of nitrogens with zero attached hydrogens (tertiary/aromatic N) is 3. The molecule has 0 unspecified atom stereocenters. The van der Waals surface area contributed by atoms with Crippen LogP contribution in [-0.2, 0) is 4.74 Å². The number of aryl methyl sites for hydroxylation is 1. The topological polar surface area (TPSA) is 82.3 Å². The van der Waals surface area contributed by atoms with E-state index in [1.165, 1.54) is 12.8 Å². The molecule has 0 radical (unpaired) electrons. The van der Waals surface area contributed by atoms with Crippen LogP contribution in [0.25, 0.3) is 22.2 Å². The van der Waals surface area contributed by atoms with E-state index in [2.05, 4.69) is 22.2 Å². The molecule has 1 N–H and O–H groups in total. The first-order valence-electron chi connectivity index (χ1n) is 10.4. The molecule has 0 atom stereocenters. The van der Waals surface area contributed by atoms with Gasteiger partial charge in [-0.05, 0) is 49.3 Å². The molecule has 0 spiro atoms. The van der Waals surface area contributed by atoms with Crippen molar-refractivity contribution in [2.24, 2.45) is 5.92 Å². The monoisotopic (exact) mass is 394 g/mol. The van der Waals surface area contributed by atoms with Crippen molar-refractivity contribution in [2.45, 2.75) is 51.7 Å². The number of fused-ring (bicyclic) bond motifs is 1. The number of hydrogen-bond donors (Lipinski definition) is 1. The Morgan fingerprint density at radius 2 is 1.93 bits per heavy atom. The Balaban J connectivity index is 1.44. The lowest BCUT2D eigenvalue weighted by Gasteiger charge is -2.28. The van der Waals surface area contributed by atoms with Crippen LogP contribution in [0.1, 0.15) is 38.5 Å². The van der Waals surface area contributed by atoms with Crippen LogP contribution in [0.15, 0.2) is 28.8 Å². The first kappa shape index (κ1) is 18.4. The van der Waals surface area contributed by atoms with Crippen LogP contribution in [0.2, 0.25) is 0 Å². The zero-order valence-corrected chi connectivity index (χ0v) is 16.9. The summed E-state index contributed by atoms with van der Waals surface area (Å²) in [6.45, 7) is 5.35. The average molecular weight is 394 g/mol. The summed E-state index contributed by atoms with van der Waals surface area (Å²) < 4.78 is 17.0. The molecule has 1 aliphatic carbocycles. The van der Waals surface area contributed by atoms with E-state index in [-0.39, 0.29) is 6.10 Å². The third-order valence-electron chi connectivity index (χ3n) is 5.79. The molecule has 2 aliphatic rings. The van der Waals surface area contributed by atoms with E-state index in [0.717, 1.165) is 41.0 Å². The van der Waals surface area contributed by atoms with E-state index >= 15 is 0 Å². The Labute approximate surface area is 169 Å². The van der Waals surface area contributed by atoms with Crippen LogP contribution in [0.5, 0.6) is 5.88 Å².